The summed E-state index contributed by atoms with van der Waals surface area (Å²) in [5, 5.41) is 2.36. The Bertz CT molecular complexity index is 834. The van der Waals surface area contributed by atoms with Crippen LogP contribution in [0, 0.1) is 0 Å². The van der Waals surface area contributed by atoms with Crippen molar-refractivity contribution in [3.8, 4) is 0 Å². The van der Waals surface area contributed by atoms with Gasteiger partial charge in [-0.25, -0.2) is 0 Å². The normalized spacial score (nSPS) is 11.2. The summed E-state index contributed by atoms with van der Waals surface area (Å²) in [6.07, 6.45) is 0. The molecule has 0 bridgehead atoms. The van der Waals surface area contributed by atoms with Crippen LogP contribution in [-0.4, -0.2) is 28.5 Å². The summed E-state index contributed by atoms with van der Waals surface area (Å²) in [5.74, 6) is 0.163. The third-order valence-corrected chi connectivity index (χ3v) is 4.64. The van der Waals surface area contributed by atoms with Crippen molar-refractivity contribution in [1.82, 2.24) is 9.47 Å². The van der Waals surface area contributed by atoms with Crippen LogP contribution in [0.5, 0.6) is 0 Å². The number of rotatable bonds is 4. The Kier molecular flexibility index (Phi) is 4.21. The summed E-state index contributed by atoms with van der Waals surface area (Å²) in [6, 6.07) is 14.5. The zero-order chi connectivity index (χ0) is 15.7. The Morgan fingerprint density at radius 2 is 1.73 bits per heavy atom. The van der Waals surface area contributed by atoms with Gasteiger partial charge in [-0.1, -0.05) is 34.1 Å². The highest BCUT2D eigenvalue weighted by Gasteiger charge is 2.15. The SMILES string of the molecule is CCN(CC)C(=O)Cn1c2ccccc2c2cc(Br)ccc21. The summed E-state index contributed by atoms with van der Waals surface area (Å²) >= 11 is 3.54. The molecule has 0 N–H and O–H groups in total. The zero-order valence-corrected chi connectivity index (χ0v) is 14.4. The molecule has 1 aromatic heterocycles. The van der Waals surface area contributed by atoms with Crippen molar-refractivity contribution in [3.63, 3.8) is 0 Å². The number of likely N-dealkylation sites (N-methyl/N-ethyl adjacent to an activating group) is 1. The molecule has 0 atom stereocenters. The molecule has 4 heteroatoms. The fraction of sp³-hybridized carbons (Fsp3) is 0.278. The monoisotopic (exact) mass is 358 g/mol. The molecule has 3 nitrogen and oxygen atoms in total. The average Bonchev–Trinajstić information content (AvgIpc) is 2.82. The summed E-state index contributed by atoms with van der Waals surface area (Å²) < 4.78 is 3.18. The van der Waals surface area contributed by atoms with Crippen LogP contribution in [0.1, 0.15) is 13.8 Å². The van der Waals surface area contributed by atoms with Gasteiger partial charge in [-0.05, 0) is 38.1 Å². The number of benzene rings is 2. The third kappa shape index (κ3) is 2.52. The largest absolute Gasteiger partial charge is 0.342 e. The standard InChI is InChI=1S/C18H19BrN2O/c1-3-20(4-2)18(22)12-21-16-8-6-5-7-14(16)15-11-13(19)9-10-17(15)21/h5-11H,3-4,12H2,1-2H3. The maximum absolute atomic E-state index is 12.5. The van der Waals surface area contributed by atoms with E-state index < -0.39 is 0 Å². The lowest BCUT2D eigenvalue weighted by molar-refractivity contribution is -0.131. The van der Waals surface area contributed by atoms with Crippen molar-refractivity contribution in [1.29, 1.82) is 0 Å². The summed E-state index contributed by atoms with van der Waals surface area (Å²) in [5.41, 5.74) is 2.21. The Balaban J connectivity index is 2.17. The molecule has 1 amide bonds. The van der Waals surface area contributed by atoms with Crippen LogP contribution in [0.15, 0.2) is 46.9 Å². The van der Waals surface area contributed by atoms with Crippen molar-refractivity contribution in [2.45, 2.75) is 20.4 Å². The summed E-state index contributed by atoms with van der Waals surface area (Å²) in [6.45, 7) is 5.91. The Morgan fingerprint density at radius 3 is 2.45 bits per heavy atom. The van der Waals surface area contributed by atoms with Crippen LogP contribution in [0.4, 0.5) is 0 Å². The van der Waals surface area contributed by atoms with E-state index in [9.17, 15) is 4.79 Å². The number of hydrogen-bond acceptors (Lipinski definition) is 1. The van der Waals surface area contributed by atoms with Gasteiger partial charge in [0.2, 0.25) is 5.91 Å². The van der Waals surface area contributed by atoms with Gasteiger partial charge in [0.1, 0.15) is 6.54 Å². The molecule has 0 radical (unpaired) electrons. The molecule has 0 aliphatic heterocycles. The van der Waals surface area contributed by atoms with Crippen LogP contribution in [0.2, 0.25) is 0 Å². The van der Waals surface area contributed by atoms with Gasteiger partial charge < -0.3 is 9.47 Å². The maximum atomic E-state index is 12.5. The number of aromatic nitrogens is 1. The Labute approximate surface area is 138 Å². The lowest BCUT2D eigenvalue weighted by atomic mass is 10.2. The van der Waals surface area contributed by atoms with E-state index in [0.29, 0.717) is 6.54 Å². The first-order valence-corrected chi connectivity index (χ1v) is 8.39. The molecule has 0 aliphatic carbocycles. The smallest absolute Gasteiger partial charge is 0.242 e. The van der Waals surface area contributed by atoms with Crippen LogP contribution in [0.3, 0.4) is 0 Å². The third-order valence-electron chi connectivity index (χ3n) is 4.14. The number of carbonyl (C=O) groups is 1. The number of carbonyl (C=O) groups excluding carboxylic acids is 1. The first-order chi connectivity index (χ1) is 10.7. The van der Waals surface area contributed by atoms with Crippen LogP contribution in [0.25, 0.3) is 21.8 Å². The quantitative estimate of drug-likeness (QED) is 0.677. The number of para-hydroxylation sites is 1. The first kappa shape index (κ1) is 15.1. The van der Waals surface area contributed by atoms with E-state index in [0.717, 1.165) is 28.6 Å². The van der Waals surface area contributed by atoms with Crippen molar-refractivity contribution in [3.05, 3.63) is 46.9 Å². The Morgan fingerprint density at radius 1 is 1.05 bits per heavy atom. The lowest BCUT2D eigenvalue weighted by Crippen LogP contribution is -2.33. The van der Waals surface area contributed by atoms with Gasteiger partial charge in [0.25, 0.3) is 0 Å². The van der Waals surface area contributed by atoms with Gasteiger partial charge in [-0.15, -0.1) is 0 Å². The molecule has 2 aromatic carbocycles. The number of hydrogen-bond donors (Lipinski definition) is 0. The maximum Gasteiger partial charge on any atom is 0.242 e. The minimum atomic E-state index is 0.163. The van der Waals surface area contributed by atoms with Gasteiger partial charge in [0.05, 0.1) is 0 Å². The molecule has 0 fully saturated rings. The van der Waals surface area contributed by atoms with E-state index in [-0.39, 0.29) is 5.91 Å². The van der Waals surface area contributed by atoms with Crippen LogP contribution in [-0.2, 0) is 11.3 Å². The molecule has 1 heterocycles. The van der Waals surface area contributed by atoms with E-state index in [4.69, 9.17) is 0 Å². The summed E-state index contributed by atoms with van der Waals surface area (Å²) in [7, 11) is 0. The second-order valence-electron chi connectivity index (χ2n) is 5.33. The van der Waals surface area contributed by atoms with E-state index in [1.54, 1.807) is 0 Å². The van der Waals surface area contributed by atoms with Gasteiger partial charge in [-0.2, -0.15) is 0 Å². The van der Waals surface area contributed by atoms with Crippen LogP contribution < -0.4 is 0 Å². The molecule has 0 unspecified atom stereocenters. The van der Waals surface area contributed by atoms with E-state index in [1.807, 2.05) is 36.9 Å². The molecule has 22 heavy (non-hydrogen) atoms. The molecule has 3 aromatic rings. The first-order valence-electron chi connectivity index (χ1n) is 7.60. The highest BCUT2D eigenvalue weighted by Crippen LogP contribution is 2.31. The van der Waals surface area contributed by atoms with Crippen molar-refractivity contribution < 1.29 is 4.79 Å². The fourth-order valence-electron chi connectivity index (χ4n) is 3.01. The second-order valence-corrected chi connectivity index (χ2v) is 6.25. The highest BCUT2D eigenvalue weighted by atomic mass is 79.9. The molecule has 0 spiro atoms. The zero-order valence-electron chi connectivity index (χ0n) is 12.8. The second kappa shape index (κ2) is 6.13. The molecule has 3 rings (SSSR count). The predicted octanol–water partition coefficient (Wildman–Crippen LogP) is 4.43. The lowest BCUT2D eigenvalue weighted by Gasteiger charge is -2.19. The molecular formula is C18H19BrN2O. The molecule has 0 aliphatic rings. The van der Waals surface area contributed by atoms with Gasteiger partial charge in [-0.3, -0.25) is 4.79 Å². The van der Waals surface area contributed by atoms with E-state index in [1.165, 1.54) is 10.8 Å². The number of fused-ring (bicyclic) bond motifs is 3. The van der Waals surface area contributed by atoms with Gasteiger partial charge in [0, 0.05) is 39.4 Å². The Hall–Kier alpha value is -1.81. The topological polar surface area (TPSA) is 25.2 Å². The van der Waals surface area contributed by atoms with Crippen molar-refractivity contribution in [2.24, 2.45) is 0 Å². The summed E-state index contributed by atoms with van der Waals surface area (Å²) in [4.78, 5) is 14.4. The molecule has 114 valence electrons. The van der Waals surface area contributed by atoms with Crippen molar-refractivity contribution >= 4 is 43.6 Å². The minimum absolute atomic E-state index is 0.163. The number of halogens is 1. The number of amides is 1. The minimum Gasteiger partial charge on any atom is -0.342 e. The average molecular weight is 359 g/mol. The van der Waals surface area contributed by atoms with E-state index >= 15 is 0 Å². The molecule has 0 saturated heterocycles. The highest BCUT2D eigenvalue weighted by molar-refractivity contribution is 9.10. The van der Waals surface area contributed by atoms with Gasteiger partial charge >= 0.3 is 0 Å². The fourth-order valence-corrected chi connectivity index (χ4v) is 3.37. The predicted molar refractivity (Wildman–Crippen MR) is 95.1 cm³/mol. The van der Waals surface area contributed by atoms with Crippen molar-refractivity contribution in [2.75, 3.05) is 13.1 Å². The molecule has 0 saturated carbocycles. The molecular weight excluding hydrogens is 340 g/mol. The van der Waals surface area contributed by atoms with Crippen LogP contribution >= 0.6 is 15.9 Å². The number of nitrogens with zero attached hydrogens (tertiary/aromatic N) is 2. The van der Waals surface area contributed by atoms with Gasteiger partial charge in [0.15, 0.2) is 0 Å². The van der Waals surface area contributed by atoms with E-state index in [2.05, 4.69) is 44.8 Å².